The van der Waals surface area contributed by atoms with Gasteiger partial charge in [0.05, 0.1) is 6.04 Å². The zero-order valence-electron chi connectivity index (χ0n) is 16.8. The number of aromatic amines is 1. The van der Waals surface area contributed by atoms with Crippen LogP contribution in [-0.4, -0.2) is 27.8 Å². The molecule has 2 heterocycles. The molecular weight excluding hydrogens is 372 g/mol. The molecule has 0 saturated heterocycles. The number of amides is 1. The van der Waals surface area contributed by atoms with Crippen molar-refractivity contribution >= 4 is 28.7 Å². The number of aromatic nitrogens is 2. The first-order chi connectivity index (χ1) is 14.6. The van der Waals surface area contributed by atoms with Gasteiger partial charge in [0.25, 0.3) is 0 Å². The minimum absolute atomic E-state index is 0.0677. The van der Waals surface area contributed by atoms with Gasteiger partial charge in [0.2, 0.25) is 5.91 Å². The first-order valence-electron chi connectivity index (χ1n) is 9.87. The second kappa shape index (κ2) is 8.66. The van der Waals surface area contributed by atoms with Gasteiger partial charge in [-0.05, 0) is 64.9 Å². The number of carbonyl (C=O) groups excluding carboxylic acids is 1. The van der Waals surface area contributed by atoms with Crippen LogP contribution in [0.15, 0.2) is 85.2 Å². The number of fused-ring (bicyclic) bond motifs is 1. The van der Waals surface area contributed by atoms with Crippen molar-refractivity contribution in [2.24, 2.45) is 0 Å². The molecule has 0 radical (unpaired) electrons. The van der Waals surface area contributed by atoms with Crippen LogP contribution in [-0.2, 0) is 11.2 Å². The van der Waals surface area contributed by atoms with Crippen LogP contribution in [0.1, 0.15) is 22.7 Å². The van der Waals surface area contributed by atoms with E-state index in [1.807, 2.05) is 43.6 Å². The van der Waals surface area contributed by atoms with Crippen LogP contribution < -0.4 is 5.73 Å². The molecule has 0 aliphatic heterocycles. The Bertz CT molecular complexity index is 1160. The molecule has 2 aromatic heterocycles. The van der Waals surface area contributed by atoms with Gasteiger partial charge in [-0.15, -0.1) is 0 Å². The third-order valence-corrected chi connectivity index (χ3v) is 5.28. The van der Waals surface area contributed by atoms with E-state index in [0.717, 1.165) is 28.5 Å². The third kappa shape index (κ3) is 4.41. The highest BCUT2D eigenvalue weighted by atomic mass is 16.2. The lowest BCUT2D eigenvalue weighted by atomic mass is 9.96. The maximum atomic E-state index is 13.0. The number of carbonyl (C=O) groups is 1. The molecule has 0 aliphatic carbocycles. The summed E-state index contributed by atoms with van der Waals surface area (Å²) < 4.78 is 0. The van der Waals surface area contributed by atoms with E-state index in [2.05, 4.69) is 40.3 Å². The van der Waals surface area contributed by atoms with E-state index >= 15 is 0 Å². The van der Waals surface area contributed by atoms with Crippen molar-refractivity contribution in [2.45, 2.75) is 12.5 Å². The number of hydrogen-bond acceptors (Lipinski definition) is 3. The second-order valence-electron chi connectivity index (χ2n) is 7.33. The van der Waals surface area contributed by atoms with Gasteiger partial charge in [0.15, 0.2) is 0 Å². The number of nitrogens with two attached hydrogens (primary N) is 1. The molecule has 5 nitrogen and oxygen atoms in total. The minimum Gasteiger partial charge on any atom is -0.384 e. The van der Waals surface area contributed by atoms with E-state index in [1.165, 1.54) is 5.56 Å². The SMILES string of the molecule is CN(C(=O)C=Cc1ccc(N)nc1)C(Cc1ccccc1)c1ccc2[nH]ccc2c1. The molecule has 4 rings (SSSR count). The number of H-pyrrole nitrogens is 1. The van der Waals surface area contributed by atoms with Crippen molar-refractivity contribution in [3.8, 4) is 0 Å². The number of nitrogens with zero attached hydrogens (tertiary/aromatic N) is 2. The Morgan fingerprint density at radius 1 is 1.13 bits per heavy atom. The van der Waals surface area contributed by atoms with Crippen LogP contribution in [0.3, 0.4) is 0 Å². The fraction of sp³-hybridized carbons (Fsp3) is 0.120. The number of likely N-dealkylation sites (N-methyl/N-ethyl adjacent to an activating group) is 1. The zero-order valence-corrected chi connectivity index (χ0v) is 16.8. The molecule has 0 spiro atoms. The molecule has 0 fully saturated rings. The van der Waals surface area contributed by atoms with E-state index in [1.54, 1.807) is 29.3 Å². The van der Waals surface area contributed by atoms with E-state index in [9.17, 15) is 4.79 Å². The summed E-state index contributed by atoms with van der Waals surface area (Å²) in [4.78, 5) is 22.1. The van der Waals surface area contributed by atoms with Gasteiger partial charge in [0, 0.05) is 31.0 Å². The van der Waals surface area contributed by atoms with E-state index in [0.29, 0.717) is 5.82 Å². The molecule has 0 bridgehead atoms. The summed E-state index contributed by atoms with van der Waals surface area (Å²) in [6.07, 6.45) is 7.66. The monoisotopic (exact) mass is 396 g/mol. The number of rotatable bonds is 6. The summed E-state index contributed by atoms with van der Waals surface area (Å²) in [5.74, 6) is 0.389. The van der Waals surface area contributed by atoms with Crippen LogP contribution >= 0.6 is 0 Å². The lowest BCUT2D eigenvalue weighted by molar-refractivity contribution is -0.126. The summed E-state index contributed by atoms with van der Waals surface area (Å²) in [6, 6.07) is 22.1. The normalized spacial score (nSPS) is 12.3. The number of hydrogen-bond donors (Lipinski definition) is 2. The average molecular weight is 396 g/mol. The average Bonchev–Trinajstić information content (AvgIpc) is 3.25. The molecular formula is C25H24N4O. The number of nitrogens with one attached hydrogen (secondary N) is 1. The van der Waals surface area contributed by atoms with E-state index < -0.39 is 0 Å². The lowest BCUT2D eigenvalue weighted by Crippen LogP contribution is -2.31. The van der Waals surface area contributed by atoms with Crippen LogP contribution in [0, 0.1) is 0 Å². The van der Waals surface area contributed by atoms with Gasteiger partial charge in [0.1, 0.15) is 5.82 Å². The summed E-state index contributed by atoms with van der Waals surface area (Å²) in [7, 11) is 1.85. The van der Waals surface area contributed by atoms with Crippen LogP contribution in [0.5, 0.6) is 0 Å². The van der Waals surface area contributed by atoms with Crippen LogP contribution in [0.4, 0.5) is 5.82 Å². The van der Waals surface area contributed by atoms with E-state index in [-0.39, 0.29) is 11.9 Å². The number of benzene rings is 2. The summed E-state index contributed by atoms with van der Waals surface area (Å²) >= 11 is 0. The number of anilines is 1. The molecule has 30 heavy (non-hydrogen) atoms. The molecule has 1 unspecified atom stereocenters. The van der Waals surface area contributed by atoms with Gasteiger partial charge >= 0.3 is 0 Å². The fourth-order valence-electron chi connectivity index (χ4n) is 3.55. The largest absolute Gasteiger partial charge is 0.384 e. The highest BCUT2D eigenvalue weighted by Gasteiger charge is 2.21. The molecule has 150 valence electrons. The molecule has 5 heteroatoms. The zero-order chi connectivity index (χ0) is 20.9. The van der Waals surface area contributed by atoms with E-state index in [4.69, 9.17) is 5.73 Å². The van der Waals surface area contributed by atoms with Crippen molar-refractivity contribution in [3.05, 3.63) is 102 Å². The molecule has 1 amide bonds. The van der Waals surface area contributed by atoms with Gasteiger partial charge in [-0.25, -0.2) is 4.98 Å². The van der Waals surface area contributed by atoms with Crippen LogP contribution in [0.2, 0.25) is 0 Å². The Morgan fingerprint density at radius 3 is 2.73 bits per heavy atom. The Labute approximate surface area is 175 Å². The first-order valence-corrected chi connectivity index (χ1v) is 9.87. The number of nitrogen functional groups attached to an aromatic ring is 1. The quantitative estimate of drug-likeness (QED) is 0.468. The van der Waals surface area contributed by atoms with Crippen LogP contribution in [0.25, 0.3) is 17.0 Å². The smallest absolute Gasteiger partial charge is 0.246 e. The first kappa shape index (κ1) is 19.5. The summed E-state index contributed by atoms with van der Waals surface area (Å²) in [6.45, 7) is 0. The Hall–Kier alpha value is -3.86. The third-order valence-electron chi connectivity index (χ3n) is 5.28. The summed E-state index contributed by atoms with van der Waals surface area (Å²) in [5, 5.41) is 1.13. The Balaban J connectivity index is 1.61. The van der Waals surface area contributed by atoms with Crippen molar-refractivity contribution in [3.63, 3.8) is 0 Å². The van der Waals surface area contributed by atoms with Crippen molar-refractivity contribution in [1.29, 1.82) is 0 Å². The highest BCUT2D eigenvalue weighted by Crippen LogP contribution is 2.27. The van der Waals surface area contributed by atoms with Gasteiger partial charge in [-0.2, -0.15) is 0 Å². The minimum atomic E-state index is -0.0895. The number of pyridine rings is 1. The van der Waals surface area contributed by atoms with Crippen molar-refractivity contribution in [1.82, 2.24) is 14.9 Å². The fourth-order valence-corrected chi connectivity index (χ4v) is 3.55. The predicted octanol–water partition coefficient (Wildman–Crippen LogP) is 4.60. The maximum absolute atomic E-state index is 13.0. The van der Waals surface area contributed by atoms with Crippen molar-refractivity contribution in [2.75, 3.05) is 12.8 Å². The van der Waals surface area contributed by atoms with Crippen molar-refractivity contribution < 1.29 is 4.79 Å². The second-order valence-corrected chi connectivity index (χ2v) is 7.33. The molecule has 0 saturated carbocycles. The van der Waals surface area contributed by atoms with Gasteiger partial charge in [-0.3, -0.25) is 4.79 Å². The Kier molecular flexibility index (Phi) is 5.61. The maximum Gasteiger partial charge on any atom is 0.246 e. The van der Waals surface area contributed by atoms with Gasteiger partial charge in [-0.1, -0.05) is 36.4 Å². The molecule has 2 aromatic carbocycles. The molecule has 1 atom stereocenters. The Morgan fingerprint density at radius 2 is 1.97 bits per heavy atom. The molecule has 4 aromatic rings. The summed E-state index contributed by atoms with van der Waals surface area (Å²) in [5.41, 5.74) is 9.83. The standard InChI is InChI=1S/C25H24N4O/c1-29(25(30)12-8-19-7-11-24(26)28-17-19)23(15-18-5-3-2-4-6-18)21-9-10-22-20(16-21)13-14-27-22/h2-14,16-17,23,27H,15H2,1H3,(H2,26,28). The topological polar surface area (TPSA) is 75.0 Å². The lowest BCUT2D eigenvalue weighted by Gasteiger charge is -2.28. The molecule has 0 aliphatic rings. The molecule has 3 N–H and O–H groups in total. The van der Waals surface area contributed by atoms with Gasteiger partial charge < -0.3 is 15.6 Å². The predicted molar refractivity (Wildman–Crippen MR) is 122 cm³/mol. The highest BCUT2D eigenvalue weighted by molar-refractivity contribution is 5.92.